The number of allylic oxidation sites excluding steroid dienone is 1. The summed E-state index contributed by atoms with van der Waals surface area (Å²) in [7, 11) is 0. The number of fused-ring (bicyclic) bond motifs is 2. The zero-order valence-electron chi connectivity index (χ0n) is 17.3. The molecule has 1 saturated carbocycles. The second kappa shape index (κ2) is 7.51. The third-order valence-electron chi connectivity index (χ3n) is 7.09. The lowest BCUT2D eigenvalue weighted by Gasteiger charge is -2.47. The Bertz CT molecular complexity index is 1070. The summed E-state index contributed by atoms with van der Waals surface area (Å²) in [6.07, 6.45) is 8.61. The highest BCUT2D eigenvalue weighted by molar-refractivity contribution is 5.61. The van der Waals surface area contributed by atoms with E-state index in [1.165, 1.54) is 28.8 Å². The summed E-state index contributed by atoms with van der Waals surface area (Å²) < 4.78 is 15.3. The first-order valence-corrected chi connectivity index (χ1v) is 10.8. The van der Waals surface area contributed by atoms with Gasteiger partial charge in [0.05, 0.1) is 23.7 Å². The van der Waals surface area contributed by atoms with Crippen LogP contribution in [0.1, 0.15) is 43.0 Å². The summed E-state index contributed by atoms with van der Waals surface area (Å²) in [6, 6.07) is 16.7. The van der Waals surface area contributed by atoms with Crippen molar-refractivity contribution in [2.45, 2.75) is 45.1 Å². The fourth-order valence-corrected chi connectivity index (χ4v) is 5.48. The Hall–Kier alpha value is -2.72. The molecule has 3 atom stereocenters. The van der Waals surface area contributed by atoms with Crippen molar-refractivity contribution in [2.75, 3.05) is 0 Å². The Morgan fingerprint density at radius 2 is 1.93 bits per heavy atom. The first-order valence-electron chi connectivity index (χ1n) is 10.8. The van der Waals surface area contributed by atoms with Crippen LogP contribution in [0.15, 0.2) is 66.4 Å². The number of hydrogen-bond donors (Lipinski definition) is 1. The van der Waals surface area contributed by atoms with Crippen LogP contribution >= 0.6 is 0 Å². The molecule has 1 unspecified atom stereocenters. The number of rotatable bonds is 4. The van der Waals surface area contributed by atoms with Crippen molar-refractivity contribution in [3.8, 4) is 5.69 Å². The van der Waals surface area contributed by atoms with Crippen LogP contribution in [0, 0.1) is 17.2 Å². The van der Waals surface area contributed by atoms with Crippen LogP contribution in [0.25, 0.3) is 11.8 Å². The van der Waals surface area contributed by atoms with E-state index in [-0.39, 0.29) is 23.3 Å². The minimum absolute atomic E-state index is 0.0594. The topological polar surface area (TPSA) is 38.0 Å². The molecule has 5 rings (SSSR count). The average molecular weight is 403 g/mol. The van der Waals surface area contributed by atoms with Crippen LogP contribution < -0.4 is 0 Å². The fourth-order valence-electron chi connectivity index (χ4n) is 5.48. The van der Waals surface area contributed by atoms with Crippen LogP contribution in [0.3, 0.4) is 0 Å². The van der Waals surface area contributed by atoms with Crippen molar-refractivity contribution in [3.63, 3.8) is 0 Å². The first-order chi connectivity index (χ1) is 14.5. The van der Waals surface area contributed by atoms with Gasteiger partial charge < -0.3 is 5.11 Å². The third-order valence-corrected chi connectivity index (χ3v) is 7.09. The van der Waals surface area contributed by atoms with Crippen LogP contribution in [0.2, 0.25) is 0 Å². The molecule has 4 heteroatoms. The minimum Gasteiger partial charge on any atom is -0.392 e. The second-order valence-corrected chi connectivity index (χ2v) is 8.96. The monoisotopic (exact) mass is 402 g/mol. The summed E-state index contributed by atoms with van der Waals surface area (Å²) in [6.45, 7) is 2.31. The van der Waals surface area contributed by atoms with Crippen LogP contribution in [-0.2, 0) is 12.8 Å². The molecule has 2 aliphatic carbocycles. The van der Waals surface area contributed by atoms with E-state index in [2.05, 4.69) is 30.2 Å². The quantitative estimate of drug-likeness (QED) is 0.638. The number of hydrogen-bond acceptors (Lipinski definition) is 2. The second-order valence-electron chi connectivity index (χ2n) is 8.96. The van der Waals surface area contributed by atoms with E-state index in [1.54, 1.807) is 12.1 Å². The molecule has 0 radical (unpaired) electrons. The van der Waals surface area contributed by atoms with Gasteiger partial charge in [0.15, 0.2) is 0 Å². The van der Waals surface area contributed by atoms with Gasteiger partial charge in [-0.2, -0.15) is 5.10 Å². The van der Waals surface area contributed by atoms with Gasteiger partial charge in [-0.05, 0) is 84.9 Å². The molecule has 0 aliphatic heterocycles. The van der Waals surface area contributed by atoms with E-state index in [0.29, 0.717) is 6.42 Å². The SMILES string of the molecule is C[C@]12Cc3cnn(-c4ccc(F)cc4)c3C=C1CCC[C@@H]2C(O)Cc1ccccc1. The molecule has 1 aromatic heterocycles. The Morgan fingerprint density at radius 1 is 1.17 bits per heavy atom. The lowest BCUT2D eigenvalue weighted by atomic mass is 9.58. The molecule has 2 aromatic carbocycles. The van der Waals surface area contributed by atoms with Gasteiger partial charge in [0.25, 0.3) is 0 Å². The highest BCUT2D eigenvalue weighted by Crippen LogP contribution is 2.52. The normalized spacial score (nSPS) is 24.0. The Balaban J connectivity index is 1.46. The minimum atomic E-state index is -0.366. The molecule has 1 fully saturated rings. The lowest BCUT2D eigenvalue weighted by molar-refractivity contribution is 0.0234. The van der Waals surface area contributed by atoms with E-state index < -0.39 is 0 Å². The van der Waals surface area contributed by atoms with Crippen molar-refractivity contribution in [2.24, 2.45) is 11.3 Å². The zero-order chi connectivity index (χ0) is 20.7. The molecule has 30 heavy (non-hydrogen) atoms. The molecule has 0 amide bonds. The van der Waals surface area contributed by atoms with E-state index in [4.69, 9.17) is 0 Å². The average Bonchev–Trinajstić information content (AvgIpc) is 3.14. The summed E-state index contributed by atoms with van der Waals surface area (Å²) in [4.78, 5) is 0. The van der Waals surface area contributed by atoms with E-state index in [1.807, 2.05) is 29.1 Å². The summed E-state index contributed by atoms with van der Waals surface area (Å²) in [5, 5.41) is 15.8. The zero-order valence-corrected chi connectivity index (χ0v) is 17.3. The largest absolute Gasteiger partial charge is 0.392 e. The standard InChI is InChI=1S/C26H27FN2O/c1-26-16-19-17-28-29(22-12-10-21(27)11-13-22)24(19)15-20(26)8-5-9-23(26)25(30)14-18-6-3-2-4-7-18/h2-4,6-7,10-13,15,17,23,25,30H,5,8-9,14,16H2,1H3/t23-,25?,26+/m1/s1. The molecule has 0 saturated heterocycles. The Labute approximate surface area is 176 Å². The number of halogens is 1. The summed E-state index contributed by atoms with van der Waals surface area (Å²) in [5.41, 5.74) is 5.69. The first kappa shape index (κ1) is 19.3. The predicted molar refractivity (Wildman–Crippen MR) is 117 cm³/mol. The molecular weight excluding hydrogens is 375 g/mol. The van der Waals surface area contributed by atoms with Crippen molar-refractivity contribution in [1.29, 1.82) is 0 Å². The molecule has 154 valence electrons. The van der Waals surface area contributed by atoms with E-state index in [0.717, 1.165) is 37.1 Å². The van der Waals surface area contributed by atoms with Gasteiger partial charge in [-0.25, -0.2) is 9.07 Å². The van der Waals surface area contributed by atoms with Gasteiger partial charge in [0.2, 0.25) is 0 Å². The molecule has 1 N–H and O–H groups in total. The van der Waals surface area contributed by atoms with Gasteiger partial charge in [-0.3, -0.25) is 0 Å². The fraction of sp³-hybridized carbons (Fsp3) is 0.346. The lowest BCUT2D eigenvalue weighted by Crippen LogP contribution is -2.43. The summed E-state index contributed by atoms with van der Waals surface area (Å²) >= 11 is 0. The molecule has 3 nitrogen and oxygen atoms in total. The number of aliphatic hydroxyl groups excluding tert-OH is 1. The van der Waals surface area contributed by atoms with Crippen molar-refractivity contribution >= 4 is 6.08 Å². The van der Waals surface area contributed by atoms with Crippen LogP contribution in [-0.4, -0.2) is 21.0 Å². The van der Waals surface area contributed by atoms with Crippen LogP contribution in [0.5, 0.6) is 0 Å². The van der Waals surface area contributed by atoms with E-state index >= 15 is 0 Å². The summed E-state index contributed by atoms with van der Waals surface area (Å²) in [5.74, 6) is -0.0201. The molecule has 0 spiro atoms. The molecule has 1 heterocycles. The van der Waals surface area contributed by atoms with Gasteiger partial charge in [-0.15, -0.1) is 0 Å². The van der Waals surface area contributed by atoms with Crippen molar-refractivity contribution < 1.29 is 9.50 Å². The number of nitrogens with zero attached hydrogens (tertiary/aromatic N) is 2. The molecule has 0 bridgehead atoms. The number of aromatic nitrogens is 2. The highest BCUT2D eigenvalue weighted by atomic mass is 19.1. The Kier molecular flexibility index (Phi) is 4.82. The van der Waals surface area contributed by atoms with Crippen LogP contribution in [0.4, 0.5) is 4.39 Å². The Morgan fingerprint density at radius 3 is 2.70 bits per heavy atom. The van der Waals surface area contributed by atoms with Gasteiger partial charge in [0.1, 0.15) is 5.82 Å². The van der Waals surface area contributed by atoms with E-state index in [9.17, 15) is 9.50 Å². The molecular formula is C26H27FN2O. The number of aliphatic hydroxyl groups is 1. The maximum atomic E-state index is 13.3. The van der Waals surface area contributed by atoms with Gasteiger partial charge in [-0.1, -0.05) is 42.8 Å². The maximum absolute atomic E-state index is 13.3. The molecule has 2 aliphatic rings. The van der Waals surface area contributed by atoms with Crippen molar-refractivity contribution in [3.05, 3.63) is 89.0 Å². The van der Waals surface area contributed by atoms with Gasteiger partial charge >= 0.3 is 0 Å². The predicted octanol–water partition coefficient (Wildman–Crippen LogP) is 5.36. The van der Waals surface area contributed by atoms with Crippen molar-refractivity contribution in [1.82, 2.24) is 9.78 Å². The highest BCUT2D eigenvalue weighted by Gasteiger charge is 2.46. The number of benzene rings is 2. The smallest absolute Gasteiger partial charge is 0.123 e. The third kappa shape index (κ3) is 3.29. The molecule has 3 aromatic rings. The van der Waals surface area contributed by atoms with Gasteiger partial charge in [0, 0.05) is 0 Å². The maximum Gasteiger partial charge on any atom is 0.123 e.